The van der Waals surface area contributed by atoms with Crippen LogP contribution >= 0.6 is 11.8 Å². The lowest BCUT2D eigenvalue weighted by atomic mass is 9.91. The van der Waals surface area contributed by atoms with Crippen LogP contribution in [0.5, 0.6) is 0 Å². The summed E-state index contributed by atoms with van der Waals surface area (Å²) in [6, 6.07) is 0. The number of aldehydes is 1. The number of carbonyl (C=O) groups is 1. The lowest BCUT2D eigenvalue weighted by Gasteiger charge is -2.17. The minimum atomic E-state index is 0.0506. The molecule has 1 nitrogen and oxygen atoms in total. The molecule has 2 aliphatic rings. The maximum Gasteiger partial charge on any atom is 0.126 e. The SMILES string of the molecule is CC1(C)CC1(C=O)CC1CCCS1. The molecule has 0 amide bonds. The van der Waals surface area contributed by atoms with E-state index in [0.717, 1.165) is 18.1 Å². The van der Waals surface area contributed by atoms with E-state index in [9.17, 15) is 4.79 Å². The molecule has 1 saturated heterocycles. The largest absolute Gasteiger partial charge is 0.303 e. The Bertz CT molecular complexity index is 218. The van der Waals surface area contributed by atoms with Gasteiger partial charge in [-0.2, -0.15) is 11.8 Å². The second kappa shape index (κ2) is 3.01. The van der Waals surface area contributed by atoms with Gasteiger partial charge in [0.15, 0.2) is 0 Å². The zero-order valence-electron chi connectivity index (χ0n) is 8.51. The first-order chi connectivity index (χ1) is 6.10. The Labute approximate surface area is 84.7 Å². The third-order valence-corrected chi connectivity index (χ3v) is 5.22. The molecule has 0 bridgehead atoms. The van der Waals surface area contributed by atoms with Crippen LogP contribution in [0.3, 0.4) is 0 Å². The van der Waals surface area contributed by atoms with E-state index in [2.05, 4.69) is 25.6 Å². The third-order valence-electron chi connectivity index (χ3n) is 3.82. The van der Waals surface area contributed by atoms with E-state index in [-0.39, 0.29) is 10.8 Å². The van der Waals surface area contributed by atoms with Gasteiger partial charge in [0.2, 0.25) is 0 Å². The van der Waals surface area contributed by atoms with E-state index >= 15 is 0 Å². The fourth-order valence-corrected chi connectivity index (χ4v) is 3.97. The Morgan fingerprint density at radius 3 is 2.62 bits per heavy atom. The molecule has 2 fully saturated rings. The van der Waals surface area contributed by atoms with Crippen molar-refractivity contribution in [2.75, 3.05) is 5.75 Å². The number of carbonyl (C=O) groups excluding carboxylic acids is 1. The monoisotopic (exact) mass is 198 g/mol. The van der Waals surface area contributed by atoms with E-state index in [0.29, 0.717) is 0 Å². The predicted octanol–water partition coefficient (Wildman–Crippen LogP) is 2.89. The Kier molecular flexibility index (Phi) is 2.22. The summed E-state index contributed by atoms with van der Waals surface area (Å²) in [6.07, 6.45) is 6.15. The molecule has 13 heavy (non-hydrogen) atoms. The molecule has 0 aromatic rings. The number of hydrogen-bond donors (Lipinski definition) is 0. The zero-order valence-corrected chi connectivity index (χ0v) is 9.32. The van der Waals surface area contributed by atoms with Gasteiger partial charge in [0.1, 0.15) is 6.29 Å². The molecule has 0 radical (unpaired) electrons. The minimum absolute atomic E-state index is 0.0506. The Morgan fingerprint density at radius 1 is 1.54 bits per heavy atom. The normalized spacial score (nSPS) is 41.8. The summed E-state index contributed by atoms with van der Waals surface area (Å²) in [7, 11) is 0. The molecule has 0 aromatic heterocycles. The van der Waals surface area contributed by atoms with Crippen LogP contribution in [0.4, 0.5) is 0 Å². The molecule has 1 aliphatic carbocycles. The van der Waals surface area contributed by atoms with E-state index < -0.39 is 0 Å². The minimum Gasteiger partial charge on any atom is -0.303 e. The van der Waals surface area contributed by atoms with Crippen LogP contribution in [0.1, 0.15) is 39.5 Å². The highest BCUT2D eigenvalue weighted by atomic mass is 32.2. The zero-order chi connectivity index (χ0) is 9.53. The summed E-state index contributed by atoms with van der Waals surface area (Å²) >= 11 is 2.07. The van der Waals surface area contributed by atoms with Crippen molar-refractivity contribution in [3.63, 3.8) is 0 Å². The highest BCUT2D eigenvalue weighted by molar-refractivity contribution is 8.00. The topological polar surface area (TPSA) is 17.1 Å². The van der Waals surface area contributed by atoms with Crippen molar-refractivity contribution >= 4 is 18.0 Å². The predicted molar refractivity (Wildman–Crippen MR) is 57.0 cm³/mol. The number of rotatable bonds is 3. The maximum atomic E-state index is 11.1. The molecule has 1 saturated carbocycles. The van der Waals surface area contributed by atoms with Crippen LogP contribution in [-0.4, -0.2) is 17.3 Å². The molecule has 2 rings (SSSR count). The molecule has 0 aromatic carbocycles. The van der Waals surface area contributed by atoms with Crippen molar-refractivity contribution in [1.29, 1.82) is 0 Å². The van der Waals surface area contributed by atoms with Crippen molar-refractivity contribution in [3.8, 4) is 0 Å². The first-order valence-electron chi connectivity index (χ1n) is 5.18. The number of thioether (sulfide) groups is 1. The lowest BCUT2D eigenvalue weighted by molar-refractivity contribution is -0.113. The Morgan fingerprint density at radius 2 is 2.23 bits per heavy atom. The maximum absolute atomic E-state index is 11.1. The van der Waals surface area contributed by atoms with Gasteiger partial charge in [-0.25, -0.2) is 0 Å². The molecule has 2 heteroatoms. The fraction of sp³-hybridized carbons (Fsp3) is 0.909. The van der Waals surface area contributed by atoms with Gasteiger partial charge in [-0.3, -0.25) is 0 Å². The van der Waals surface area contributed by atoms with Crippen LogP contribution in [0.25, 0.3) is 0 Å². The Balaban J connectivity index is 1.96. The first kappa shape index (κ1) is 9.57. The summed E-state index contributed by atoms with van der Waals surface area (Å²) in [5.74, 6) is 1.31. The van der Waals surface area contributed by atoms with Gasteiger partial charge in [-0.05, 0) is 36.9 Å². The smallest absolute Gasteiger partial charge is 0.126 e. The van der Waals surface area contributed by atoms with E-state index in [1.54, 1.807) is 0 Å². The molecule has 2 unspecified atom stereocenters. The van der Waals surface area contributed by atoms with E-state index in [4.69, 9.17) is 0 Å². The van der Waals surface area contributed by atoms with Gasteiger partial charge in [0.25, 0.3) is 0 Å². The van der Waals surface area contributed by atoms with Gasteiger partial charge in [0, 0.05) is 10.7 Å². The van der Waals surface area contributed by atoms with E-state index in [1.165, 1.54) is 24.9 Å². The summed E-state index contributed by atoms with van der Waals surface area (Å²) in [4.78, 5) is 11.1. The molecule has 1 heterocycles. The second-order valence-electron chi connectivity index (χ2n) is 5.17. The van der Waals surface area contributed by atoms with Gasteiger partial charge < -0.3 is 4.79 Å². The van der Waals surface area contributed by atoms with Gasteiger partial charge in [-0.1, -0.05) is 13.8 Å². The van der Waals surface area contributed by atoms with Crippen molar-refractivity contribution in [2.24, 2.45) is 10.8 Å². The lowest BCUT2D eigenvalue weighted by Crippen LogP contribution is -2.16. The molecular weight excluding hydrogens is 180 g/mol. The molecule has 0 N–H and O–H groups in total. The van der Waals surface area contributed by atoms with Crippen LogP contribution in [-0.2, 0) is 4.79 Å². The van der Waals surface area contributed by atoms with Gasteiger partial charge >= 0.3 is 0 Å². The van der Waals surface area contributed by atoms with Gasteiger partial charge in [0.05, 0.1) is 0 Å². The van der Waals surface area contributed by atoms with Crippen molar-refractivity contribution in [2.45, 2.75) is 44.8 Å². The molecule has 1 aliphatic heterocycles. The Hall–Kier alpha value is 0.0200. The highest BCUT2D eigenvalue weighted by Gasteiger charge is 2.61. The van der Waals surface area contributed by atoms with E-state index in [1.807, 2.05) is 0 Å². The van der Waals surface area contributed by atoms with Gasteiger partial charge in [-0.15, -0.1) is 0 Å². The first-order valence-corrected chi connectivity index (χ1v) is 6.22. The average molecular weight is 198 g/mol. The summed E-state index contributed by atoms with van der Waals surface area (Å²) in [6.45, 7) is 4.45. The standard InChI is InChI=1S/C11H18OS/c1-10(2)7-11(10,8-12)6-9-4-3-5-13-9/h8-9H,3-7H2,1-2H3. The molecule has 2 atom stereocenters. The summed E-state index contributed by atoms with van der Waals surface area (Å²) < 4.78 is 0. The molecule has 74 valence electrons. The quantitative estimate of drug-likeness (QED) is 0.649. The molecular formula is C11H18OS. The third kappa shape index (κ3) is 1.54. The van der Waals surface area contributed by atoms with Crippen LogP contribution in [0.2, 0.25) is 0 Å². The van der Waals surface area contributed by atoms with Crippen molar-refractivity contribution in [3.05, 3.63) is 0 Å². The van der Waals surface area contributed by atoms with Crippen molar-refractivity contribution in [1.82, 2.24) is 0 Å². The highest BCUT2D eigenvalue weighted by Crippen LogP contribution is 2.65. The number of hydrogen-bond acceptors (Lipinski definition) is 2. The fourth-order valence-electron chi connectivity index (χ4n) is 2.55. The van der Waals surface area contributed by atoms with Crippen LogP contribution < -0.4 is 0 Å². The van der Waals surface area contributed by atoms with Crippen molar-refractivity contribution < 1.29 is 4.79 Å². The average Bonchev–Trinajstić information content (AvgIpc) is 2.52. The second-order valence-corrected chi connectivity index (χ2v) is 6.58. The van der Waals surface area contributed by atoms with Crippen LogP contribution in [0.15, 0.2) is 0 Å². The molecule has 0 spiro atoms. The van der Waals surface area contributed by atoms with Crippen LogP contribution in [0, 0.1) is 10.8 Å². The summed E-state index contributed by atoms with van der Waals surface area (Å²) in [5, 5.41) is 0.770. The summed E-state index contributed by atoms with van der Waals surface area (Å²) in [5.41, 5.74) is 0.340.